The average Bonchev–Trinajstić information content (AvgIpc) is 3.32. The normalized spacial score (nSPS) is 15.1. The van der Waals surface area contributed by atoms with Crippen LogP contribution in [-0.2, 0) is 22.5 Å². The molecule has 0 saturated heterocycles. The van der Waals surface area contributed by atoms with Crippen LogP contribution in [0.3, 0.4) is 0 Å². The highest BCUT2D eigenvalue weighted by atomic mass is 19.1. The molecule has 2 heterocycles. The molecule has 0 amide bonds. The van der Waals surface area contributed by atoms with E-state index in [2.05, 4.69) is 4.90 Å². The Morgan fingerprint density at radius 2 is 2.06 bits per heavy atom. The zero-order valence-corrected chi connectivity index (χ0v) is 19.7. The van der Waals surface area contributed by atoms with Crippen LogP contribution in [0.25, 0.3) is 22.1 Å². The minimum absolute atomic E-state index is 0.134. The number of rotatable bonds is 6. The molecule has 0 saturated carbocycles. The molecule has 2 N–H and O–H groups in total. The third-order valence-corrected chi connectivity index (χ3v) is 6.28. The van der Waals surface area contributed by atoms with Crippen LogP contribution in [0.15, 0.2) is 65.3 Å². The number of anilines is 1. The standard InChI is InChI=1S/C28H27FN2O4/c1-3-33-26(32)14-18-5-4-6-24-28(18)35-25(16-31(24)2)21-11-19-7-8-34-27(19)23(13-21)20-9-17(15-30)10-22(29)12-20/h4-13,25H,3,14-16,30H2,1-2H3. The van der Waals surface area contributed by atoms with Crippen molar-refractivity contribution >= 4 is 22.6 Å². The molecule has 5 rings (SSSR count). The van der Waals surface area contributed by atoms with Gasteiger partial charge in [0.15, 0.2) is 0 Å². The van der Waals surface area contributed by atoms with E-state index in [1.54, 1.807) is 13.2 Å². The predicted octanol–water partition coefficient (Wildman–Crippen LogP) is 5.37. The van der Waals surface area contributed by atoms with E-state index in [1.807, 2.05) is 49.5 Å². The van der Waals surface area contributed by atoms with Crippen molar-refractivity contribution in [2.75, 3.05) is 25.1 Å². The number of para-hydroxylation sites is 1. The number of carbonyl (C=O) groups is 1. The molecule has 4 aromatic rings. The number of esters is 1. The first-order chi connectivity index (χ1) is 17.0. The Kier molecular flexibility index (Phi) is 6.17. The lowest BCUT2D eigenvalue weighted by Crippen LogP contribution is -2.32. The molecule has 6 nitrogen and oxygen atoms in total. The summed E-state index contributed by atoms with van der Waals surface area (Å²) < 4.78 is 31.8. The second-order valence-electron chi connectivity index (χ2n) is 8.69. The number of benzene rings is 3. The van der Waals surface area contributed by atoms with E-state index >= 15 is 0 Å². The smallest absolute Gasteiger partial charge is 0.310 e. The number of hydrogen-bond donors (Lipinski definition) is 1. The molecule has 7 heteroatoms. The molecular formula is C28H27FN2O4. The summed E-state index contributed by atoms with van der Waals surface area (Å²) in [6.07, 6.45) is 1.45. The van der Waals surface area contributed by atoms with Gasteiger partial charge in [-0.25, -0.2) is 4.39 Å². The van der Waals surface area contributed by atoms with Crippen LogP contribution in [0.2, 0.25) is 0 Å². The molecule has 1 unspecified atom stereocenters. The number of furan rings is 1. The fourth-order valence-corrected chi connectivity index (χ4v) is 4.64. The van der Waals surface area contributed by atoms with Crippen molar-refractivity contribution in [2.45, 2.75) is 26.0 Å². The first-order valence-electron chi connectivity index (χ1n) is 11.6. The Bertz CT molecular complexity index is 1400. The number of likely N-dealkylation sites (N-methyl/N-ethyl adjacent to an activating group) is 1. The summed E-state index contributed by atoms with van der Waals surface area (Å²) in [6, 6.07) is 16.5. The highest BCUT2D eigenvalue weighted by molar-refractivity contribution is 5.93. The van der Waals surface area contributed by atoms with Gasteiger partial charge in [-0.15, -0.1) is 0 Å². The van der Waals surface area contributed by atoms with Gasteiger partial charge in [0.25, 0.3) is 0 Å². The minimum Gasteiger partial charge on any atom is -0.481 e. The van der Waals surface area contributed by atoms with Crippen LogP contribution in [0, 0.1) is 5.82 Å². The van der Waals surface area contributed by atoms with Gasteiger partial charge in [-0.1, -0.05) is 12.1 Å². The van der Waals surface area contributed by atoms with E-state index in [9.17, 15) is 9.18 Å². The van der Waals surface area contributed by atoms with E-state index in [0.29, 0.717) is 35.6 Å². The van der Waals surface area contributed by atoms with Crippen molar-refractivity contribution in [3.63, 3.8) is 0 Å². The molecule has 0 fully saturated rings. The summed E-state index contributed by atoms with van der Waals surface area (Å²) in [4.78, 5) is 14.3. The molecule has 1 aliphatic heterocycles. The quantitative estimate of drug-likeness (QED) is 0.379. The maximum absolute atomic E-state index is 14.3. The zero-order valence-electron chi connectivity index (χ0n) is 19.7. The van der Waals surface area contributed by atoms with Crippen LogP contribution in [0.5, 0.6) is 5.75 Å². The fraction of sp³-hybridized carbons (Fsp3) is 0.250. The molecule has 0 radical (unpaired) electrons. The number of halogens is 1. The van der Waals surface area contributed by atoms with E-state index < -0.39 is 0 Å². The summed E-state index contributed by atoms with van der Waals surface area (Å²) >= 11 is 0. The van der Waals surface area contributed by atoms with Crippen LogP contribution in [-0.4, -0.2) is 26.2 Å². The molecule has 35 heavy (non-hydrogen) atoms. The zero-order chi connectivity index (χ0) is 24.5. The van der Waals surface area contributed by atoms with Crippen molar-refractivity contribution in [3.05, 3.63) is 83.4 Å². The number of nitrogens with two attached hydrogens (primary N) is 1. The van der Waals surface area contributed by atoms with Gasteiger partial charge in [-0.3, -0.25) is 4.79 Å². The molecule has 180 valence electrons. The van der Waals surface area contributed by atoms with Crippen molar-refractivity contribution in [3.8, 4) is 16.9 Å². The monoisotopic (exact) mass is 474 g/mol. The van der Waals surface area contributed by atoms with Gasteiger partial charge in [0.1, 0.15) is 23.3 Å². The highest BCUT2D eigenvalue weighted by Gasteiger charge is 2.28. The third-order valence-electron chi connectivity index (χ3n) is 6.28. The number of fused-ring (bicyclic) bond motifs is 2. The summed E-state index contributed by atoms with van der Waals surface area (Å²) in [5.41, 5.74) is 11.3. The third kappa shape index (κ3) is 4.47. The summed E-state index contributed by atoms with van der Waals surface area (Å²) in [5.74, 6) is 0.0294. The van der Waals surface area contributed by atoms with Gasteiger partial charge in [0, 0.05) is 30.1 Å². The van der Waals surface area contributed by atoms with Gasteiger partial charge < -0.3 is 24.5 Å². The van der Waals surface area contributed by atoms with Gasteiger partial charge in [0.05, 0.1) is 31.5 Å². The van der Waals surface area contributed by atoms with Crippen LogP contribution >= 0.6 is 0 Å². The predicted molar refractivity (Wildman–Crippen MR) is 133 cm³/mol. The molecule has 0 spiro atoms. The molecule has 1 aromatic heterocycles. The topological polar surface area (TPSA) is 77.9 Å². The Balaban J connectivity index is 1.57. The van der Waals surface area contributed by atoms with Crippen molar-refractivity contribution in [1.29, 1.82) is 0 Å². The maximum atomic E-state index is 14.3. The maximum Gasteiger partial charge on any atom is 0.310 e. The summed E-state index contributed by atoms with van der Waals surface area (Å²) in [7, 11) is 2.00. The minimum atomic E-state index is -0.348. The van der Waals surface area contributed by atoms with E-state index in [-0.39, 0.29) is 30.9 Å². The Labute approximate surface area is 203 Å². The summed E-state index contributed by atoms with van der Waals surface area (Å²) in [5, 5.41) is 0.896. The van der Waals surface area contributed by atoms with Crippen LogP contribution < -0.4 is 15.4 Å². The Hall–Kier alpha value is -3.84. The number of hydrogen-bond acceptors (Lipinski definition) is 6. The number of carbonyl (C=O) groups excluding carboxylic acids is 1. The lowest BCUT2D eigenvalue weighted by molar-refractivity contribution is -0.142. The van der Waals surface area contributed by atoms with Crippen molar-refractivity contribution in [1.82, 2.24) is 0 Å². The van der Waals surface area contributed by atoms with Gasteiger partial charge in [0.2, 0.25) is 0 Å². The fourth-order valence-electron chi connectivity index (χ4n) is 4.64. The van der Waals surface area contributed by atoms with Gasteiger partial charge in [-0.05, 0) is 66.1 Å². The Morgan fingerprint density at radius 3 is 2.86 bits per heavy atom. The van der Waals surface area contributed by atoms with E-state index in [1.165, 1.54) is 12.1 Å². The molecular weight excluding hydrogens is 447 g/mol. The molecule has 3 aromatic carbocycles. The van der Waals surface area contributed by atoms with Crippen molar-refractivity contribution < 1.29 is 23.1 Å². The molecule has 0 bridgehead atoms. The Morgan fingerprint density at radius 1 is 1.20 bits per heavy atom. The highest BCUT2D eigenvalue weighted by Crippen LogP contribution is 2.42. The second kappa shape index (κ2) is 9.43. The second-order valence-corrected chi connectivity index (χ2v) is 8.69. The van der Waals surface area contributed by atoms with Crippen LogP contribution in [0.4, 0.5) is 10.1 Å². The SMILES string of the molecule is CCOC(=O)Cc1cccc2c1OC(c1cc(-c3cc(F)cc(CN)c3)c3occc3c1)CN2C. The number of nitrogens with zero attached hydrogens (tertiary/aromatic N) is 1. The largest absolute Gasteiger partial charge is 0.481 e. The van der Waals surface area contributed by atoms with Gasteiger partial charge >= 0.3 is 5.97 Å². The average molecular weight is 475 g/mol. The van der Waals surface area contributed by atoms with E-state index in [0.717, 1.165) is 27.8 Å². The van der Waals surface area contributed by atoms with Crippen LogP contribution in [0.1, 0.15) is 29.7 Å². The molecule has 0 aliphatic carbocycles. The van der Waals surface area contributed by atoms with Gasteiger partial charge in [-0.2, -0.15) is 0 Å². The summed E-state index contributed by atoms with van der Waals surface area (Å²) in [6.45, 7) is 2.96. The first-order valence-corrected chi connectivity index (χ1v) is 11.6. The number of ether oxygens (including phenoxy) is 2. The first kappa shape index (κ1) is 22.9. The lowest BCUT2D eigenvalue weighted by Gasteiger charge is -2.35. The molecule has 1 atom stereocenters. The molecule has 1 aliphatic rings. The van der Waals surface area contributed by atoms with Crippen molar-refractivity contribution in [2.24, 2.45) is 5.73 Å². The lowest BCUT2D eigenvalue weighted by atomic mass is 9.95. The van der Waals surface area contributed by atoms with E-state index in [4.69, 9.17) is 19.6 Å².